The topological polar surface area (TPSA) is 141 Å². The predicted molar refractivity (Wildman–Crippen MR) is 40.7 cm³/mol. The molecule has 7 nitrogen and oxygen atoms in total. The van der Waals surface area contributed by atoms with Gasteiger partial charge in [-0.15, -0.1) is 0 Å². The quantitative estimate of drug-likeness (QED) is 0.498. The maximum atomic E-state index is 10.1. The third-order valence-corrected chi connectivity index (χ3v) is 1.25. The molecule has 0 aliphatic carbocycles. The van der Waals surface area contributed by atoms with Crippen LogP contribution >= 0.6 is 0 Å². The molecule has 0 aliphatic rings. The standard InChI is InChI=1S/C6H8O7.Ca.Sr/c7-3(8)1-6(13,5(11)12)2-4(9)10;;/h13H,1-2H2,(H,7,8)(H,9,10)(H,11,12);;/q;2*+2/p-3. The summed E-state index contributed by atoms with van der Waals surface area (Å²) in [5, 5.41) is 38.9. The molecule has 0 aromatic carbocycles. The molecule has 0 aromatic rings. The van der Waals surface area contributed by atoms with Crippen LogP contribution in [0.5, 0.6) is 0 Å². The average molecular weight is 317 g/mol. The molecule has 0 amide bonds. The molecular weight excluding hydrogens is 312 g/mol. The maximum Gasteiger partial charge on any atom is 2.00 e. The number of carbonyl (C=O) groups is 3. The average Bonchev–Trinajstić information content (AvgIpc) is 1.82. The van der Waals surface area contributed by atoms with Crippen molar-refractivity contribution in [3.8, 4) is 0 Å². The van der Waals surface area contributed by atoms with E-state index < -0.39 is 36.4 Å². The minimum Gasteiger partial charge on any atom is -0.550 e. The zero-order chi connectivity index (χ0) is 10.6. The van der Waals surface area contributed by atoms with Crippen LogP contribution in [0.1, 0.15) is 12.8 Å². The third-order valence-electron chi connectivity index (χ3n) is 1.25. The van der Waals surface area contributed by atoms with Gasteiger partial charge in [-0.25, -0.2) is 0 Å². The molecule has 0 aliphatic heterocycles. The number of hydrogen-bond acceptors (Lipinski definition) is 7. The van der Waals surface area contributed by atoms with Crippen molar-refractivity contribution >= 4 is 101 Å². The molecular formula is C6H5CaO7Sr+. The van der Waals surface area contributed by atoms with E-state index in [1.807, 2.05) is 0 Å². The van der Waals surface area contributed by atoms with E-state index in [9.17, 15) is 29.7 Å². The van der Waals surface area contributed by atoms with E-state index in [-0.39, 0.29) is 83.2 Å². The number of carboxylic acid groups (broad SMARTS) is 3. The van der Waals surface area contributed by atoms with Crippen molar-refractivity contribution in [3.05, 3.63) is 0 Å². The molecule has 0 atom stereocenters. The zero-order valence-electron chi connectivity index (χ0n) is 7.73. The maximum absolute atomic E-state index is 10.1. The number of rotatable bonds is 5. The predicted octanol–water partition coefficient (Wildman–Crippen LogP) is -6.01. The minimum atomic E-state index is -2.97. The van der Waals surface area contributed by atoms with Crippen molar-refractivity contribution in [2.75, 3.05) is 0 Å². The van der Waals surface area contributed by atoms with Gasteiger partial charge in [-0.1, -0.05) is 0 Å². The van der Waals surface area contributed by atoms with Crippen LogP contribution in [0.2, 0.25) is 0 Å². The summed E-state index contributed by atoms with van der Waals surface area (Å²) in [7, 11) is 0. The van der Waals surface area contributed by atoms with E-state index in [0.29, 0.717) is 0 Å². The van der Waals surface area contributed by atoms with Crippen molar-refractivity contribution < 1.29 is 34.8 Å². The number of hydrogen-bond donors (Lipinski definition) is 1. The second-order valence-corrected chi connectivity index (χ2v) is 2.42. The Bertz CT molecular complexity index is 238. The van der Waals surface area contributed by atoms with Gasteiger partial charge in [0.1, 0.15) is 5.60 Å². The summed E-state index contributed by atoms with van der Waals surface area (Å²) < 4.78 is 0. The van der Waals surface area contributed by atoms with Gasteiger partial charge in [0.15, 0.2) is 0 Å². The van der Waals surface area contributed by atoms with Gasteiger partial charge in [-0.2, -0.15) is 0 Å². The zero-order valence-corrected chi connectivity index (χ0v) is 13.4. The molecule has 0 heterocycles. The van der Waals surface area contributed by atoms with Crippen LogP contribution in [-0.4, -0.2) is 112 Å². The smallest absolute Gasteiger partial charge is 0.550 e. The first-order chi connectivity index (χ1) is 5.78. The first-order valence-corrected chi connectivity index (χ1v) is 3.11. The minimum absolute atomic E-state index is 0. The number of aliphatic hydroxyl groups is 1. The summed E-state index contributed by atoms with van der Waals surface area (Å²) in [4.78, 5) is 30.0. The van der Waals surface area contributed by atoms with Crippen molar-refractivity contribution in [1.29, 1.82) is 0 Å². The summed E-state index contributed by atoms with van der Waals surface area (Å²) in [6.45, 7) is 0. The molecule has 9 heteroatoms. The first kappa shape index (κ1) is 21.4. The summed E-state index contributed by atoms with van der Waals surface area (Å²) in [5.41, 5.74) is -2.97. The van der Waals surface area contributed by atoms with Gasteiger partial charge in [0, 0.05) is 24.8 Å². The summed E-state index contributed by atoms with van der Waals surface area (Å²) in [6.07, 6.45) is -2.72. The van der Waals surface area contributed by atoms with Gasteiger partial charge in [0.05, 0.1) is 5.97 Å². The van der Waals surface area contributed by atoms with Gasteiger partial charge in [-0.3, -0.25) is 0 Å². The normalized spacial score (nSPS) is 9.40. The summed E-state index contributed by atoms with van der Waals surface area (Å²) >= 11 is 0. The van der Waals surface area contributed by atoms with E-state index in [4.69, 9.17) is 5.11 Å². The molecule has 0 bridgehead atoms. The SMILES string of the molecule is O=C([O-])CC(O)(CC(=O)[O-])C(=O)[O-].[Ca+2].[Sr+2]. The van der Waals surface area contributed by atoms with Crippen LogP contribution in [-0.2, 0) is 14.4 Å². The van der Waals surface area contributed by atoms with Crippen LogP contribution in [0.25, 0.3) is 0 Å². The molecule has 0 saturated heterocycles. The summed E-state index contributed by atoms with van der Waals surface area (Å²) in [5.74, 6) is -5.98. The fourth-order valence-corrected chi connectivity index (χ4v) is 0.684. The largest absolute Gasteiger partial charge is 2.00 e. The second-order valence-electron chi connectivity index (χ2n) is 2.42. The Morgan fingerprint density at radius 2 is 1.27 bits per heavy atom. The Hall–Kier alpha value is 1.11. The molecule has 0 aromatic heterocycles. The molecule has 0 saturated carbocycles. The van der Waals surface area contributed by atoms with Gasteiger partial charge < -0.3 is 34.8 Å². The summed E-state index contributed by atoms with van der Waals surface area (Å²) in [6, 6.07) is 0. The van der Waals surface area contributed by atoms with E-state index in [0.717, 1.165) is 0 Å². The first-order valence-electron chi connectivity index (χ1n) is 3.11. The molecule has 0 rings (SSSR count). The fourth-order valence-electron chi connectivity index (χ4n) is 0.684. The van der Waals surface area contributed by atoms with Gasteiger partial charge >= 0.3 is 83.2 Å². The van der Waals surface area contributed by atoms with Crippen LogP contribution < -0.4 is 15.3 Å². The molecule has 74 valence electrons. The van der Waals surface area contributed by atoms with Crippen molar-refractivity contribution in [2.45, 2.75) is 18.4 Å². The molecule has 0 radical (unpaired) electrons. The Morgan fingerprint density at radius 1 is 1.00 bits per heavy atom. The van der Waals surface area contributed by atoms with Gasteiger partial charge in [0.2, 0.25) is 0 Å². The van der Waals surface area contributed by atoms with E-state index in [1.165, 1.54) is 0 Å². The molecule has 1 N–H and O–H groups in total. The van der Waals surface area contributed by atoms with Gasteiger partial charge in [-0.05, 0) is 0 Å². The van der Waals surface area contributed by atoms with E-state index >= 15 is 0 Å². The van der Waals surface area contributed by atoms with Crippen LogP contribution in [0, 0.1) is 0 Å². The van der Waals surface area contributed by atoms with Gasteiger partial charge in [0.25, 0.3) is 0 Å². The van der Waals surface area contributed by atoms with Crippen LogP contribution in [0.4, 0.5) is 0 Å². The number of carbonyl (C=O) groups excluding carboxylic acids is 3. The molecule has 0 fully saturated rings. The monoisotopic (exact) mass is 317 g/mol. The van der Waals surface area contributed by atoms with Crippen molar-refractivity contribution in [1.82, 2.24) is 0 Å². The Balaban J connectivity index is -0.000000720. The van der Waals surface area contributed by atoms with E-state index in [1.54, 1.807) is 0 Å². The Labute approximate surface area is 152 Å². The third kappa shape index (κ3) is 8.87. The number of aliphatic carboxylic acids is 3. The van der Waals surface area contributed by atoms with Crippen LogP contribution in [0.3, 0.4) is 0 Å². The fraction of sp³-hybridized carbons (Fsp3) is 0.500. The molecule has 0 unspecified atom stereocenters. The van der Waals surface area contributed by atoms with E-state index in [2.05, 4.69) is 0 Å². The number of carboxylic acids is 3. The molecule has 0 spiro atoms. The van der Waals surface area contributed by atoms with Crippen LogP contribution in [0.15, 0.2) is 0 Å². The van der Waals surface area contributed by atoms with Crippen molar-refractivity contribution in [3.63, 3.8) is 0 Å². The van der Waals surface area contributed by atoms with Crippen molar-refractivity contribution in [2.24, 2.45) is 0 Å². The second kappa shape index (κ2) is 9.17. The molecule has 15 heavy (non-hydrogen) atoms. The Morgan fingerprint density at radius 3 is 1.40 bits per heavy atom. The Kier molecular flexibility index (Phi) is 13.1.